The number of piperidine rings is 1. The first-order valence-electron chi connectivity index (χ1n) is 6.58. The topological polar surface area (TPSA) is 52.7 Å². The Balaban J connectivity index is 0.00000162. The molecule has 0 bridgehead atoms. The second-order valence-corrected chi connectivity index (χ2v) is 6.78. The van der Waals surface area contributed by atoms with E-state index in [-0.39, 0.29) is 12.4 Å². The molecule has 2 heterocycles. The Bertz CT molecular complexity index is 359. The van der Waals surface area contributed by atoms with Crippen molar-refractivity contribution in [1.82, 2.24) is 13.9 Å². The normalized spacial score (nSPS) is 29.1. The number of rotatable bonds is 4. The standard InChI is InChI=1S/C11H23N3O2S.ClH/c1-3-13(4-2)17(15,16)14-8-6-11-10(9-14)5-7-12-11;/h10-12H,3-9H2,1-2H3;1H. The molecule has 2 saturated heterocycles. The summed E-state index contributed by atoms with van der Waals surface area (Å²) in [5.41, 5.74) is 0. The molecule has 2 aliphatic heterocycles. The predicted octanol–water partition coefficient (Wildman–Crippen LogP) is 0.679. The van der Waals surface area contributed by atoms with Crippen molar-refractivity contribution in [3.63, 3.8) is 0 Å². The summed E-state index contributed by atoms with van der Waals surface area (Å²) in [6, 6.07) is 0.540. The van der Waals surface area contributed by atoms with Crippen molar-refractivity contribution >= 4 is 22.6 Å². The van der Waals surface area contributed by atoms with Gasteiger partial charge in [-0.1, -0.05) is 13.8 Å². The fraction of sp³-hybridized carbons (Fsp3) is 1.00. The largest absolute Gasteiger partial charge is 0.314 e. The summed E-state index contributed by atoms with van der Waals surface area (Å²) < 4.78 is 28.0. The van der Waals surface area contributed by atoms with Crippen LogP contribution >= 0.6 is 12.4 Å². The first-order valence-corrected chi connectivity index (χ1v) is 7.97. The number of fused-ring (bicyclic) bond motifs is 1. The van der Waals surface area contributed by atoms with Gasteiger partial charge >= 0.3 is 0 Å². The molecule has 0 amide bonds. The van der Waals surface area contributed by atoms with Crippen molar-refractivity contribution in [2.24, 2.45) is 5.92 Å². The molecule has 2 atom stereocenters. The van der Waals surface area contributed by atoms with Gasteiger partial charge in [-0.05, 0) is 25.3 Å². The summed E-state index contributed by atoms with van der Waals surface area (Å²) in [5.74, 6) is 0.508. The highest BCUT2D eigenvalue weighted by Gasteiger charge is 2.38. The van der Waals surface area contributed by atoms with E-state index in [9.17, 15) is 8.42 Å². The molecule has 0 spiro atoms. The summed E-state index contributed by atoms with van der Waals surface area (Å²) >= 11 is 0. The zero-order valence-electron chi connectivity index (χ0n) is 11.1. The Kier molecular flexibility index (Phi) is 5.86. The van der Waals surface area contributed by atoms with Gasteiger partial charge in [-0.15, -0.1) is 12.4 Å². The molecule has 2 rings (SSSR count). The van der Waals surface area contributed by atoms with Gasteiger partial charge in [-0.2, -0.15) is 17.0 Å². The molecule has 18 heavy (non-hydrogen) atoms. The lowest BCUT2D eigenvalue weighted by Crippen LogP contribution is -2.51. The van der Waals surface area contributed by atoms with Gasteiger partial charge in [-0.3, -0.25) is 0 Å². The van der Waals surface area contributed by atoms with Gasteiger partial charge in [0.2, 0.25) is 0 Å². The molecular formula is C11H24ClN3O2S. The van der Waals surface area contributed by atoms with Gasteiger partial charge in [0.1, 0.15) is 0 Å². The van der Waals surface area contributed by atoms with Crippen LogP contribution in [0.3, 0.4) is 0 Å². The smallest absolute Gasteiger partial charge is 0.281 e. The maximum Gasteiger partial charge on any atom is 0.281 e. The van der Waals surface area contributed by atoms with E-state index in [2.05, 4.69) is 5.32 Å². The summed E-state index contributed by atoms with van der Waals surface area (Å²) in [6.45, 7) is 7.29. The van der Waals surface area contributed by atoms with E-state index in [4.69, 9.17) is 0 Å². The number of nitrogens with one attached hydrogen (secondary N) is 1. The fourth-order valence-electron chi connectivity index (χ4n) is 2.94. The monoisotopic (exact) mass is 297 g/mol. The van der Waals surface area contributed by atoms with Gasteiger partial charge in [0.25, 0.3) is 10.2 Å². The molecule has 7 heteroatoms. The first-order chi connectivity index (χ1) is 8.09. The Morgan fingerprint density at radius 1 is 1.28 bits per heavy atom. The highest BCUT2D eigenvalue weighted by Crippen LogP contribution is 2.26. The lowest BCUT2D eigenvalue weighted by Gasteiger charge is -2.36. The molecule has 0 aromatic heterocycles. The van der Waals surface area contributed by atoms with E-state index in [1.807, 2.05) is 13.8 Å². The second kappa shape index (κ2) is 6.52. The van der Waals surface area contributed by atoms with E-state index in [1.165, 1.54) is 0 Å². The number of hydrogen-bond acceptors (Lipinski definition) is 3. The van der Waals surface area contributed by atoms with Crippen LogP contribution in [0, 0.1) is 5.92 Å². The quantitative estimate of drug-likeness (QED) is 0.830. The third-order valence-electron chi connectivity index (χ3n) is 3.98. The summed E-state index contributed by atoms with van der Waals surface area (Å²) in [5, 5.41) is 3.45. The lowest BCUT2D eigenvalue weighted by molar-refractivity contribution is 0.232. The van der Waals surface area contributed by atoms with Crippen LogP contribution in [-0.2, 0) is 10.2 Å². The average Bonchev–Trinajstić information content (AvgIpc) is 2.77. The minimum Gasteiger partial charge on any atom is -0.314 e. The van der Waals surface area contributed by atoms with E-state index >= 15 is 0 Å². The molecule has 5 nitrogen and oxygen atoms in total. The zero-order chi connectivity index (χ0) is 12.5. The van der Waals surface area contributed by atoms with Crippen molar-refractivity contribution in [2.75, 3.05) is 32.7 Å². The first kappa shape index (κ1) is 16.2. The van der Waals surface area contributed by atoms with Gasteiger partial charge < -0.3 is 5.32 Å². The van der Waals surface area contributed by atoms with E-state index in [0.29, 0.717) is 38.1 Å². The van der Waals surface area contributed by atoms with Crippen LogP contribution in [0.1, 0.15) is 26.7 Å². The highest BCUT2D eigenvalue weighted by atomic mass is 35.5. The van der Waals surface area contributed by atoms with E-state index < -0.39 is 10.2 Å². The summed E-state index contributed by atoms with van der Waals surface area (Å²) in [7, 11) is -3.22. The van der Waals surface area contributed by atoms with Crippen molar-refractivity contribution in [3.05, 3.63) is 0 Å². The van der Waals surface area contributed by atoms with Crippen molar-refractivity contribution in [2.45, 2.75) is 32.7 Å². The summed E-state index contributed by atoms with van der Waals surface area (Å²) in [6.07, 6.45) is 2.06. The molecule has 0 saturated carbocycles. The number of hydrogen-bond donors (Lipinski definition) is 1. The molecule has 0 aliphatic carbocycles. The highest BCUT2D eigenvalue weighted by molar-refractivity contribution is 7.86. The second-order valence-electron chi connectivity index (χ2n) is 4.85. The molecule has 2 unspecified atom stereocenters. The molecule has 0 aromatic carbocycles. The van der Waals surface area contributed by atoms with E-state index in [0.717, 1.165) is 19.4 Å². The summed E-state index contributed by atoms with van der Waals surface area (Å²) in [4.78, 5) is 0. The molecule has 0 aromatic rings. The molecule has 0 radical (unpaired) electrons. The number of nitrogens with zero attached hydrogens (tertiary/aromatic N) is 2. The van der Waals surface area contributed by atoms with Crippen molar-refractivity contribution < 1.29 is 8.42 Å². The Labute approximate surface area is 116 Å². The third kappa shape index (κ3) is 2.99. The molecule has 2 fully saturated rings. The maximum absolute atomic E-state index is 12.4. The van der Waals surface area contributed by atoms with Crippen LogP contribution in [0.5, 0.6) is 0 Å². The Hall–Kier alpha value is 0.120. The molecular weight excluding hydrogens is 274 g/mol. The molecule has 1 N–H and O–H groups in total. The van der Waals surface area contributed by atoms with Gasteiger partial charge in [0, 0.05) is 32.2 Å². The van der Waals surface area contributed by atoms with Crippen LogP contribution in [-0.4, -0.2) is 55.8 Å². The van der Waals surface area contributed by atoms with Crippen LogP contribution in [0.2, 0.25) is 0 Å². The molecule has 2 aliphatic rings. The Morgan fingerprint density at radius 3 is 2.56 bits per heavy atom. The lowest BCUT2D eigenvalue weighted by atomic mass is 9.95. The molecule has 108 valence electrons. The van der Waals surface area contributed by atoms with Crippen LogP contribution in [0.25, 0.3) is 0 Å². The van der Waals surface area contributed by atoms with Gasteiger partial charge in [-0.25, -0.2) is 0 Å². The number of halogens is 1. The van der Waals surface area contributed by atoms with Crippen molar-refractivity contribution in [3.8, 4) is 0 Å². The van der Waals surface area contributed by atoms with E-state index in [1.54, 1.807) is 8.61 Å². The maximum atomic E-state index is 12.4. The minimum atomic E-state index is -3.22. The predicted molar refractivity (Wildman–Crippen MR) is 75.2 cm³/mol. The minimum absolute atomic E-state index is 0. The third-order valence-corrected chi connectivity index (χ3v) is 6.13. The fourth-order valence-corrected chi connectivity index (χ4v) is 4.63. The van der Waals surface area contributed by atoms with Crippen LogP contribution in [0.15, 0.2) is 0 Å². The van der Waals surface area contributed by atoms with Crippen LogP contribution < -0.4 is 5.32 Å². The van der Waals surface area contributed by atoms with Crippen LogP contribution in [0.4, 0.5) is 0 Å². The average molecular weight is 298 g/mol. The Morgan fingerprint density at radius 2 is 1.94 bits per heavy atom. The van der Waals surface area contributed by atoms with Crippen molar-refractivity contribution in [1.29, 1.82) is 0 Å². The SMILES string of the molecule is CCN(CC)S(=O)(=O)N1CCC2NCCC2C1.Cl. The zero-order valence-corrected chi connectivity index (χ0v) is 12.8. The van der Waals surface area contributed by atoms with Gasteiger partial charge in [0.05, 0.1) is 0 Å². The van der Waals surface area contributed by atoms with Gasteiger partial charge in [0.15, 0.2) is 0 Å².